The topological polar surface area (TPSA) is 50.4 Å². The van der Waals surface area contributed by atoms with Gasteiger partial charge in [0.05, 0.1) is 6.61 Å². The summed E-state index contributed by atoms with van der Waals surface area (Å²) < 4.78 is 5.09. The zero-order valence-electron chi connectivity index (χ0n) is 11.2. The molecule has 18 heavy (non-hydrogen) atoms. The molecule has 1 amide bonds. The number of nitrogens with one attached hydrogen (secondary N) is 2. The number of ether oxygens (including phenoxy) is 1. The third-order valence-electron chi connectivity index (χ3n) is 2.53. The maximum Gasteiger partial charge on any atom is 0.221 e. The first kappa shape index (κ1) is 14.7. The van der Waals surface area contributed by atoms with Crippen molar-refractivity contribution in [2.24, 2.45) is 0 Å². The highest BCUT2D eigenvalue weighted by atomic mass is 16.5. The highest BCUT2D eigenvalue weighted by Crippen LogP contribution is 2.06. The van der Waals surface area contributed by atoms with Crippen LogP contribution in [0.25, 0.3) is 0 Å². The van der Waals surface area contributed by atoms with Crippen LogP contribution < -0.4 is 10.6 Å². The SMILES string of the molecule is CCNC(=O)CCNCc1cccc(COC)c1. The first-order valence-corrected chi connectivity index (χ1v) is 6.30. The van der Waals surface area contributed by atoms with E-state index in [1.165, 1.54) is 11.1 Å². The largest absolute Gasteiger partial charge is 0.380 e. The first-order chi connectivity index (χ1) is 8.76. The first-order valence-electron chi connectivity index (χ1n) is 6.30. The molecule has 0 unspecified atom stereocenters. The summed E-state index contributed by atoms with van der Waals surface area (Å²) in [5.41, 5.74) is 2.38. The number of hydrogen-bond donors (Lipinski definition) is 2. The van der Waals surface area contributed by atoms with E-state index in [1.807, 2.05) is 19.1 Å². The lowest BCUT2D eigenvalue weighted by Crippen LogP contribution is -2.27. The van der Waals surface area contributed by atoms with E-state index in [1.54, 1.807) is 7.11 Å². The third-order valence-corrected chi connectivity index (χ3v) is 2.53. The van der Waals surface area contributed by atoms with E-state index in [0.29, 0.717) is 26.1 Å². The van der Waals surface area contributed by atoms with E-state index in [4.69, 9.17) is 4.74 Å². The Morgan fingerprint density at radius 2 is 2.11 bits per heavy atom. The van der Waals surface area contributed by atoms with Gasteiger partial charge in [-0.05, 0) is 18.1 Å². The smallest absolute Gasteiger partial charge is 0.221 e. The Labute approximate surface area is 109 Å². The van der Waals surface area contributed by atoms with E-state index < -0.39 is 0 Å². The van der Waals surface area contributed by atoms with Gasteiger partial charge in [0, 0.05) is 33.2 Å². The normalized spacial score (nSPS) is 10.3. The molecule has 0 saturated heterocycles. The lowest BCUT2D eigenvalue weighted by molar-refractivity contribution is -0.120. The Morgan fingerprint density at radius 1 is 1.33 bits per heavy atom. The molecule has 0 saturated carbocycles. The molecule has 100 valence electrons. The third kappa shape index (κ3) is 5.80. The minimum Gasteiger partial charge on any atom is -0.380 e. The van der Waals surface area contributed by atoms with Crippen LogP contribution in [-0.2, 0) is 22.7 Å². The van der Waals surface area contributed by atoms with Crippen molar-refractivity contribution in [2.75, 3.05) is 20.2 Å². The number of amides is 1. The summed E-state index contributed by atoms with van der Waals surface area (Å²) in [6.07, 6.45) is 0.519. The van der Waals surface area contributed by atoms with Crippen LogP contribution in [0, 0.1) is 0 Å². The predicted octanol–water partition coefficient (Wildman–Crippen LogP) is 1.45. The van der Waals surface area contributed by atoms with Gasteiger partial charge in [-0.2, -0.15) is 0 Å². The fourth-order valence-electron chi connectivity index (χ4n) is 1.72. The van der Waals surface area contributed by atoms with Crippen molar-refractivity contribution >= 4 is 5.91 Å². The highest BCUT2D eigenvalue weighted by Gasteiger charge is 1.99. The zero-order valence-corrected chi connectivity index (χ0v) is 11.2. The fourth-order valence-corrected chi connectivity index (χ4v) is 1.72. The van der Waals surface area contributed by atoms with Crippen molar-refractivity contribution in [1.29, 1.82) is 0 Å². The van der Waals surface area contributed by atoms with Gasteiger partial charge in [0.15, 0.2) is 0 Å². The van der Waals surface area contributed by atoms with Crippen LogP contribution in [0.15, 0.2) is 24.3 Å². The molecule has 0 spiro atoms. The van der Waals surface area contributed by atoms with Crippen LogP contribution in [0.2, 0.25) is 0 Å². The Kier molecular flexibility index (Phi) is 7.06. The van der Waals surface area contributed by atoms with Crippen molar-refractivity contribution in [2.45, 2.75) is 26.5 Å². The van der Waals surface area contributed by atoms with Crippen LogP contribution in [0.4, 0.5) is 0 Å². The molecular weight excluding hydrogens is 228 g/mol. The Morgan fingerprint density at radius 3 is 2.83 bits per heavy atom. The van der Waals surface area contributed by atoms with Crippen LogP contribution in [-0.4, -0.2) is 26.1 Å². The number of rotatable bonds is 8. The number of hydrogen-bond acceptors (Lipinski definition) is 3. The molecule has 0 bridgehead atoms. The molecule has 1 aromatic carbocycles. The molecular formula is C14H22N2O2. The lowest BCUT2D eigenvalue weighted by Gasteiger charge is -2.07. The summed E-state index contributed by atoms with van der Waals surface area (Å²) in [7, 11) is 1.69. The maximum absolute atomic E-state index is 11.2. The van der Waals surface area contributed by atoms with Gasteiger partial charge < -0.3 is 15.4 Å². The molecule has 0 aliphatic rings. The quantitative estimate of drug-likeness (QED) is 0.687. The van der Waals surface area contributed by atoms with E-state index in [2.05, 4.69) is 22.8 Å². The standard InChI is InChI=1S/C14H22N2O2/c1-3-16-14(17)7-8-15-10-12-5-4-6-13(9-12)11-18-2/h4-6,9,15H,3,7-8,10-11H2,1-2H3,(H,16,17). The molecule has 0 aliphatic heterocycles. The molecule has 0 atom stereocenters. The van der Waals surface area contributed by atoms with Crippen LogP contribution in [0.5, 0.6) is 0 Å². The van der Waals surface area contributed by atoms with Crippen LogP contribution >= 0.6 is 0 Å². The minimum atomic E-state index is 0.0955. The second kappa shape index (κ2) is 8.66. The van der Waals surface area contributed by atoms with Crippen molar-refractivity contribution in [1.82, 2.24) is 10.6 Å². The van der Waals surface area contributed by atoms with Crippen molar-refractivity contribution in [3.05, 3.63) is 35.4 Å². The van der Waals surface area contributed by atoms with Gasteiger partial charge >= 0.3 is 0 Å². The molecule has 0 aromatic heterocycles. The lowest BCUT2D eigenvalue weighted by atomic mass is 10.1. The van der Waals surface area contributed by atoms with Gasteiger partial charge in [0.25, 0.3) is 0 Å². The van der Waals surface area contributed by atoms with E-state index in [0.717, 1.165) is 6.54 Å². The van der Waals surface area contributed by atoms with Gasteiger partial charge in [-0.25, -0.2) is 0 Å². The van der Waals surface area contributed by atoms with Gasteiger partial charge in [0.1, 0.15) is 0 Å². The summed E-state index contributed by atoms with van der Waals surface area (Å²) in [5.74, 6) is 0.0955. The van der Waals surface area contributed by atoms with Gasteiger partial charge in [-0.15, -0.1) is 0 Å². The Bertz CT molecular complexity index is 367. The minimum absolute atomic E-state index is 0.0955. The molecule has 0 radical (unpaired) electrons. The molecule has 0 fully saturated rings. The second-order valence-electron chi connectivity index (χ2n) is 4.13. The van der Waals surface area contributed by atoms with Crippen molar-refractivity contribution < 1.29 is 9.53 Å². The van der Waals surface area contributed by atoms with E-state index >= 15 is 0 Å². The molecule has 2 N–H and O–H groups in total. The maximum atomic E-state index is 11.2. The Balaban J connectivity index is 2.26. The molecule has 0 heterocycles. The molecule has 4 nitrogen and oxygen atoms in total. The number of carbonyl (C=O) groups is 1. The number of carbonyl (C=O) groups excluding carboxylic acids is 1. The zero-order chi connectivity index (χ0) is 13.2. The van der Waals surface area contributed by atoms with Crippen molar-refractivity contribution in [3.63, 3.8) is 0 Å². The van der Waals surface area contributed by atoms with Crippen molar-refractivity contribution in [3.8, 4) is 0 Å². The van der Waals surface area contributed by atoms with E-state index in [9.17, 15) is 4.79 Å². The number of benzene rings is 1. The monoisotopic (exact) mass is 250 g/mol. The van der Waals surface area contributed by atoms with Crippen LogP contribution in [0.1, 0.15) is 24.5 Å². The van der Waals surface area contributed by atoms with Gasteiger partial charge in [-0.1, -0.05) is 24.3 Å². The number of methoxy groups -OCH3 is 1. The summed E-state index contributed by atoms with van der Waals surface area (Å²) >= 11 is 0. The molecule has 1 rings (SSSR count). The summed E-state index contributed by atoms with van der Waals surface area (Å²) in [6.45, 7) is 4.72. The summed E-state index contributed by atoms with van der Waals surface area (Å²) in [6, 6.07) is 8.25. The summed E-state index contributed by atoms with van der Waals surface area (Å²) in [5, 5.41) is 6.03. The predicted molar refractivity (Wildman–Crippen MR) is 72.2 cm³/mol. The summed E-state index contributed by atoms with van der Waals surface area (Å²) in [4.78, 5) is 11.2. The Hall–Kier alpha value is -1.39. The average Bonchev–Trinajstić information content (AvgIpc) is 2.36. The molecule has 4 heteroatoms. The average molecular weight is 250 g/mol. The molecule has 0 aliphatic carbocycles. The van der Waals surface area contributed by atoms with E-state index in [-0.39, 0.29) is 5.91 Å². The van der Waals surface area contributed by atoms with Gasteiger partial charge in [-0.3, -0.25) is 4.79 Å². The second-order valence-corrected chi connectivity index (χ2v) is 4.13. The van der Waals surface area contributed by atoms with Crippen LogP contribution in [0.3, 0.4) is 0 Å². The molecule has 1 aromatic rings. The highest BCUT2D eigenvalue weighted by molar-refractivity contribution is 5.75. The fraction of sp³-hybridized carbons (Fsp3) is 0.500. The van der Waals surface area contributed by atoms with Gasteiger partial charge in [0.2, 0.25) is 5.91 Å².